The van der Waals surface area contributed by atoms with Crippen LogP contribution in [0.25, 0.3) is 0 Å². The van der Waals surface area contributed by atoms with Crippen molar-refractivity contribution in [2.45, 2.75) is 32.6 Å². The van der Waals surface area contributed by atoms with Crippen LogP contribution in [0.1, 0.15) is 36.8 Å². The number of amides is 1. The summed E-state index contributed by atoms with van der Waals surface area (Å²) < 4.78 is 0. The van der Waals surface area contributed by atoms with Gasteiger partial charge in [-0.25, -0.2) is 0 Å². The zero-order chi connectivity index (χ0) is 14.7. The number of anilines is 1. The summed E-state index contributed by atoms with van der Waals surface area (Å²) in [5, 5.41) is 9.03. The summed E-state index contributed by atoms with van der Waals surface area (Å²) in [4.78, 5) is 24.2. The average Bonchev–Trinajstić information content (AvgIpc) is 2.89. The molecule has 1 unspecified atom stereocenters. The summed E-state index contributed by atoms with van der Waals surface area (Å²) in [6.07, 6.45) is 6.30. The van der Waals surface area contributed by atoms with Crippen molar-refractivity contribution < 1.29 is 14.7 Å². The van der Waals surface area contributed by atoms with Gasteiger partial charge in [-0.1, -0.05) is 30.4 Å². The second kappa shape index (κ2) is 5.90. The first-order chi connectivity index (χ1) is 9.50. The van der Waals surface area contributed by atoms with Crippen molar-refractivity contribution in [3.63, 3.8) is 0 Å². The van der Waals surface area contributed by atoms with E-state index in [4.69, 9.17) is 5.11 Å². The zero-order valence-corrected chi connectivity index (χ0v) is 11.8. The van der Waals surface area contributed by atoms with E-state index in [0.717, 1.165) is 29.7 Å². The van der Waals surface area contributed by atoms with Crippen LogP contribution in [-0.4, -0.2) is 23.5 Å². The number of aliphatic carboxylic acids is 1. The van der Waals surface area contributed by atoms with E-state index < -0.39 is 5.97 Å². The standard InChI is InChI=1S/C16H19NO3/c1-11-6-5-9-14(13-7-3-4-8-13)16(11)17(12(2)18)10-15(19)20/h3,5-7,9,13H,4,8,10H2,1-2H3,(H,19,20). The van der Waals surface area contributed by atoms with E-state index in [1.807, 2.05) is 25.1 Å². The molecule has 0 saturated heterocycles. The van der Waals surface area contributed by atoms with Crippen LogP contribution in [0.3, 0.4) is 0 Å². The lowest BCUT2D eigenvalue weighted by atomic mass is 9.94. The Labute approximate surface area is 118 Å². The fourth-order valence-electron chi connectivity index (χ4n) is 2.72. The molecule has 0 saturated carbocycles. The molecule has 1 aromatic carbocycles. The van der Waals surface area contributed by atoms with Crippen molar-refractivity contribution in [1.82, 2.24) is 0 Å². The van der Waals surface area contributed by atoms with Gasteiger partial charge in [-0.2, -0.15) is 0 Å². The van der Waals surface area contributed by atoms with Crippen LogP contribution in [0.5, 0.6) is 0 Å². The lowest BCUT2D eigenvalue weighted by Gasteiger charge is -2.26. The number of rotatable bonds is 4. The highest BCUT2D eigenvalue weighted by molar-refractivity contribution is 5.97. The van der Waals surface area contributed by atoms with E-state index in [9.17, 15) is 9.59 Å². The molecule has 0 fully saturated rings. The molecule has 20 heavy (non-hydrogen) atoms. The van der Waals surface area contributed by atoms with Crippen LogP contribution < -0.4 is 4.90 Å². The maximum Gasteiger partial charge on any atom is 0.323 e. The maximum atomic E-state index is 11.8. The van der Waals surface area contributed by atoms with Gasteiger partial charge in [0.2, 0.25) is 5.91 Å². The second-order valence-electron chi connectivity index (χ2n) is 5.12. The molecule has 106 valence electrons. The Bertz CT molecular complexity index is 563. The van der Waals surface area contributed by atoms with E-state index in [1.54, 1.807) is 0 Å². The van der Waals surface area contributed by atoms with E-state index in [1.165, 1.54) is 11.8 Å². The van der Waals surface area contributed by atoms with Crippen LogP contribution in [0.15, 0.2) is 30.4 Å². The molecule has 1 aliphatic rings. The van der Waals surface area contributed by atoms with Gasteiger partial charge < -0.3 is 10.0 Å². The molecule has 1 atom stereocenters. The first-order valence-corrected chi connectivity index (χ1v) is 6.76. The third-order valence-electron chi connectivity index (χ3n) is 3.62. The second-order valence-corrected chi connectivity index (χ2v) is 5.12. The Morgan fingerprint density at radius 3 is 2.70 bits per heavy atom. The fourth-order valence-corrected chi connectivity index (χ4v) is 2.72. The summed E-state index contributed by atoms with van der Waals surface area (Å²) in [5.74, 6) is -0.984. The number of allylic oxidation sites excluding steroid dienone is 2. The molecule has 4 nitrogen and oxygen atoms in total. The lowest BCUT2D eigenvalue weighted by molar-refractivity contribution is -0.136. The van der Waals surface area contributed by atoms with Crippen molar-refractivity contribution in [3.8, 4) is 0 Å². The number of nitrogens with zero attached hydrogens (tertiary/aromatic N) is 1. The van der Waals surface area contributed by atoms with Crippen LogP contribution in [-0.2, 0) is 9.59 Å². The average molecular weight is 273 g/mol. The molecule has 0 spiro atoms. The largest absolute Gasteiger partial charge is 0.480 e. The number of carbonyl (C=O) groups is 2. The predicted molar refractivity (Wildman–Crippen MR) is 78.0 cm³/mol. The van der Waals surface area contributed by atoms with E-state index >= 15 is 0 Å². The molecule has 1 aromatic rings. The summed E-state index contributed by atoms with van der Waals surface area (Å²) in [7, 11) is 0. The van der Waals surface area contributed by atoms with Crippen molar-refractivity contribution in [3.05, 3.63) is 41.5 Å². The molecular formula is C16H19NO3. The highest BCUT2D eigenvalue weighted by atomic mass is 16.4. The number of carboxylic acid groups (broad SMARTS) is 1. The summed E-state index contributed by atoms with van der Waals surface area (Å²) in [6, 6.07) is 5.86. The van der Waals surface area contributed by atoms with Gasteiger partial charge in [0.25, 0.3) is 0 Å². The monoisotopic (exact) mass is 273 g/mol. The predicted octanol–water partition coefficient (Wildman–Crippen LogP) is 2.87. The normalized spacial score (nSPS) is 17.2. The Balaban J connectivity index is 2.49. The van der Waals surface area contributed by atoms with Crippen LogP contribution in [0.4, 0.5) is 5.69 Å². The number of carbonyl (C=O) groups excluding carboxylic acids is 1. The first kappa shape index (κ1) is 14.3. The van der Waals surface area contributed by atoms with Crippen LogP contribution >= 0.6 is 0 Å². The quantitative estimate of drug-likeness (QED) is 0.858. The SMILES string of the molecule is CC(=O)N(CC(=O)O)c1c(C)cccc1C1C=CCC1. The van der Waals surface area contributed by atoms with E-state index in [0.29, 0.717) is 0 Å². The molecule has 1 N–H and O–H groups in total. The summed E-state index contributed by atoms with van der Waals surface area (Å²) in [5.41, 5.74) is 2.72. The number of benzene rings is 1. The molecule has 0 bridgehead atoms. The molecule has 4 heteroatoms. The van der Waals surface area contributed by atoms with Crippen molar-refractivity contribution in [1.29, 1.82) is 0 Å². The topological polar surface area (TPSA) is 57.6 Å². The Morgan fingerprint density at radius 1 is 1.40 bits per heavy atom. The van der Waals surface area contributed by atoms with Crippen LogP contribution in [0, 0.1) is 6.92 Å². The molecule has 2 rings (SSSR count). The first-order valence-electron chi connectivity index (χ1n) is 6.76. The summed E-state index contributed by atoms with van der Waals surface area (Å²) in [6.45, 7) is 3.02. The zero-order valence-electron chi connectivity index (χ0n) is 11.8. The smallest absolute Gasteiger partial charge is 0.323 e. The number of aryl methyl sites for hydroxylation is 1. The van der Waals surface area contributed by atoms with Crippen molar-refractivity contribution in [2.24, 2.45) is 0 Å². The molecule has 0 aromatic heterocycles. The molecule has 0 aliphatic heterocycles. The number of hydrogen-bond acceptors (Lipinski definition) is 2. The number of hydrogen-bond donors (Lipinski definition) is 1. The van der Waals surface area contributed by atoms with Gasteiger partial charge >= 0.3 is 5.97 Å². The Hall–Kier alpha value is -2.10. The van der Waals surface area contributed by atoms with Gasteiger partial charge in [-0.05, 0) is 30.9 Å². The summed E-state index contributed by atoms with van der Waals surface area (Å²) >= 11 is 0. The number of para-hydroxylation sites is 1. The molecule has 0 radical (unpaired) electrons. The van der Waals surface area contributed by atoms with Crippen LogP contribution in [0.2, 0.25) is 0 Å². The van der Waals surface area contributed by atoms with Gasteiger partial charge in [-0.15, -0.1) is 0 Å². The molecule has 1 aliphatic carbocycles. The fraction of sp³-hybridized carbons (Fsp3) is 0.375. The van der Waals surface area contributed by atoms with E-state index in [-0.39, 0.29) is 18.4 Å². The molecule has 1 amide bonds. The maximum absolute atomic E-state index is 11.8. The van der Waals surface area contributed by atoms with Gasteiger partial charge in [0.1, 0.15) is 6.54 Å². The highest BCUT2D eigenvalue weighted by Crippen LogP contribution is 2.37. The Morgan fingerprint density at radius 2 is 2.15 bits per heavy atom. The third-order valence-corrected chi connectivity index (χ3v) is 3.62. The third kappa shape index (κ3) is 2.90. The highest BCUT2D eigenvalue weighted by Gasteiger charge is 2.24. The lowest BCUT2D eigenvalue weighted by Crippen LogP contribution is -2.35. The van der Waals surface area contributed by atoms with Gasteiger partial charge in [-0.3, -0.25) is 9.59 Å². The number of carboxylic acids is 1. The van der Waals surface area contributed by atoms with Gasteiger partial charge in [0.15, 0.2) is 0 Å². The van der Waals surface area contributed by atoms with Gasteiger partial charge in [0, 0.05) is 12.8 Å². The minimum atomic E-state index is -1.00. The van der Waals surface area contributed by atoms with Crippen molar-refractivity contribution >= 4 is 17.6 Å². The minimum absolute atomic E-state index is 0.245. The minimum Gasteiger partial charge on any atom is -0.480 e. The van der Waals surface area contributed by atoms with Crippen molar-refractivity contribution in [2.75, 3.05) is 11.4 Å². The molecule has 0 heterocycles. The van der Waals surface area contributed by atoms with Gasteiger partial charge in [0.05, 0.1) is 5.69 Å². The molecular weight excluding hydrogens is 254 g/mol. The van der Waals surface area contributed by atoms with E-state index in [2.05, 4.69) is 12.2 Å². The Kier molecular flexibility index (Phi) is 4.23.